The summed E-state index contributed by atoms with van der Waals surface area (Å²) in [6, 6.07) is 6.68. The Bertz CT molecular complexity index is 1390. The number of amides is 5. The SMILES string of the molecule is CC(C)[C@@H]1NC(=O)[C@H]2CCCN2C(=O)[C@H](C)NC(=O)CN(C(=O)c2csc3c2CCCC3)C[C@H](Cc2ccccc2)NC1=O. The first-order valence-electron chi connectivity index (χ1n) is 15.8. The first-order valence-corrected chi connectivity index (χ1v) is 16.6. The van der Waals surface area contributed by atoms with Gasteiger partial charge in [0.05, 0.1) is 18.2 Å². The second-order valence-corrected chi connectivity index (χ2v) is 13.5. The number of nitrogens with zero attached hydrogens (tertiary/aromatic N) is 2. The third kappa shape index (κ3) is 7.14. The average Bonchev–Trinajstić information content (AvgIpc) is 3.66. The van der Waals surface area contributed by atoms with Crippen LogP contribution in [0.1, 0.15) is 72.8 Å². The van der Waals surface area contributed by atoms with Gasteiger partial charge in [0.2, 0.25) is 23.6 Å². The van der Waals surface area contributed by atoms with E-state index < -0.39 is 30.1 Å². The number of fused-ring (bicyclic) bond motifs is 2. The molecule has 3 N–H and O–H groups in total. The Morgan fingerprint density at radius 1 is 0.977 bits per heavy atom. The molecule has 44 heavy (non-hydrogen) atoms. The summed E-state index contributed by atoms with van der Waals surface area (Å²) < 4.78 is 0. The molecule has 2 saturated heterocycles. The molecule has 1 aromatic heterocycles. The third-order valence-corrected chi connectivity index (χ3v) is 9.95. The maximum absolute atomic E-state index is 14.2. The molecule has 4 atom stereocenters. The molecule has 2 fully saturated rings. The number of hydrogen-bond donors (Lipinski definition) is 3. The molecule has 0 radical (unpaired) electrons. The van der Waals surface area contributed by atoms with Crippen LogP contribution < -0.4 is 16.0 Å². The minimum atomic E-state index is -0.882. The van der Waals surface area contributed by atoms with Gasteiger partial charge >= 0.3 is 0 Å². The van der Waals surface area contributed by atoms with Crippen LogP contribution >= 0.6 is 11.3 Å². The lowest BCUT2D eigenvalue weighted by atomic mass is 9.95. The van der Waals surface area contributed by atoms with Crippen molar-refractivity contribution >= 4 is 40.9 Å². The fourth-order valence-corrected chi connectivity index (χ4v) is 7.66. The van der Waals surface area contributed by atoms with Crippen LogP contribution in [0, 0.1) is 5.92 Å². The first-order chi connectivity index (χ1) is 21.1. The normalized spacial score (nSPS) is 25.4. The van der Waals surface area contributed by atoms with Crippen molar-refractivity contribution in [2.45, 2.75) is 89.9 Å². The molecule has 11 heteroatoms. The van der Waals surface area contributed by atoms with Crippen molar-refractivity contribution < 1.29 is 24.0 Å². The number of thiophene rings is 1. The largest absolute Gasteiger partial charge is 0.349 e. The molecule has 2 aromatic rings. The lowest BCUT2D eigenvalue weighted by Crippen LogP contribution is -2.58. The van der Waals surface area contributed by atoms with Gasteiger partial charge < -0.3 is 25.8 Å². The molecule has 2 aliphatic heterocycles. The number of rotatable bonds is 4. The minimum absolute atomic E-state index is 0.0767. The zero-order chi connectivity index (χ0) is 31.4. The lowest BCUT2D eigenvalue weighted by molar-refractivity contribution is -0.142. The van der Waals surface area contributed by atoms with Gasteiger partial charge in [0.1, 0.15) is 18.1 Å². The molecule has 3 aliphatic rings. The summed E-state index contributed by atoms with van der Waals surface area (Å²) >= 11 is 1.58. The van der Waals surface area contributed by atoms with E-state index in [2.05, 4.69) is 16.0 Å². The van der Waals surface area contributed by atoms with Crippen molar-refractivity contribution in [1.29, 1.82) is 0 Å². The monoisotopic (exact) mass is 621 g/mol. The molecule has 10 nitrogen and oxygen atoms in total. The fraction of sp³-hybridized carbons (Fsp3) is 0.545. The Hall–Kier alpha value is -3.73. The van der Waals surface area contributed by atoms with Crippen LogP contribution in [0.5, 0.6) is 0 Å². The summed E-state index contributed by atoms with van der Waals surface area (Å²) in [6.45, 7) is 5.53. The minimum Gasteiger partial charge on any atom is -0.349 e. The molecule has 0 spiro atoms. The van der Waals surface area contributed by atoms with Gasteiger partial charge in [0.25, 0.3) is 5.91 Å². The Kier molecular flexibility index (Phi) is 10.0. The van der Waals surface area contributed by atoms with Crippen molar-refractivity contribution in [3.63, 3.8) is 0 Å². The maximum atomic E-state index is 14.2. The van der Waals surface area contributed by atoms with Crippen LogP contribution in [0.25, 0.3) is 0 Å². The first kappa shape index (κ1) is 31.7. The van der Waals surface area contributed by atoms with Crippen LogP contribution in [0.2, 0.25) is 0 Å². The zero-order valence-corrected chi connectivity index (χ0v) is 26.6. The summed E-state index contributed by atoms with van der Waals surface area (Å²) in [7, 11) is 0. The molecule has 0 saturated carbocycles. The summed E-state index contributed by atoms with van der Waals surface area (Å²) in [4.78, 5) is 72.5. The highest BCUT2D eigenvalue weighted by atomic mass is 32.1. The van der Waals surface area contributed by atoms with Crippen molar-refractivity contribution in [2.24, 2.45) is 5.92 Å². The molecule has 5 rings (SSSR count). The number of aryl methyl sites for hydroxylation is 1. The van der Waals surface area contributed by atoms with Gasteiger partial charge in [-0.05, 0) is 68.9 Å². The topological polar surface area (TPSA) is 128 Å². The number of carbonyl (C=O) groups excluding carboxylic acids is 5. The molecule has 5 amide bonds. The highest BCUT2D eigenvalue weighted by molar-refractivity contribution is 7.10. The van der Waals surface area contributed by atoms with Gasteiger partial charge in [-0.15, -0.1) is 11.3 Å². The van der Waals surface area contributed by atoms with Crippen molar-refractivity contribution in [1.82, 2.24) is 25.8 Å². The van der Waals surface area contributed by atoms with Crippen LogP contribution in [-0.4, -0.2) is 83.1 Å². The Morgan fingerprint density at radius 3 is 2.48 bits per heavy atom. The number of benzene rings is 1. The summed E-state index contributed by atoms with van der Waals surface area (Å²) in [5.74, 6) is -2.06. The van der Waals surface area contributed by atoms with Gasteiger partial charge in [-0.3, -0.25) is 24.0 Å². The van der Waals surface area contributed by atoms with Gasteiger partial charge in [0.15, 0.2) is 0 Å². The van der Waals surface area contributed by atoms with E-state index in [0.29, 0.717) is 31.4 Å². The van der Waals surface area contributed by atoms with Crippen molar-refractivity contribution in [3.8, 4) is 0 Å². The predicted molar refractivity (Wildman–Crippen MR) is 168 cm³/mol. The van der Waals surface area contributed by atoms with E-state index in [9.17, 15) is 24.0 Å². The highest BCUT2D eigenvalue weighted by Gasteiger charge is 2.39. The van der Waals surface area contributed by atoms with Gasteiger partial charge in [-0.2, -0.15) is 0 Å². The lowest BCUT2D eigenvalue weighted by Gasteiger charge is -2.31. The average molecular weight is 622 g/mol. The maximum Gasteiger partial charge on any atom is 0.255 e. The Morgan fingerprint density at radius 2 is 1.73 bits per heavy atom. The van der Waals surface area contributed by atoms with Crippen LogP contribution in [-0.2, 0) is 38.4 Å². The molecular weight excluding hydrogens is 578 g/mol. The van der Waals surface area contributed by atoms with E-state index >= 15 is 0 Å². The van der Waals surface area contributed by atoms with E-state index in [1.165, 1.54) is 14.7 Å². The predicted octanol–water partition coefficient (Wildman–Crippen LogP) is 2.45. The number of hydrogen-bond acceptors (Lipinski definition) is 6. The van der Waals surface area contributed by atoms with E-state index in [0.717, 1.165) is 36.8 Å². The van der Waals surface area contributed by atoms with Crippen LogP contribution in [0.3, 0.4) is 0 Å². The van der Waals surface area contributed by atoms with E-state index in [1.54, 1.807) is 18.3 Å². The van der Waals surface area contributed by atoms with Crippen LogP contribution in [0.15, 0.2) is 35.7 Å². The van der Waals surface area contributed by atoms with E-state index in [1.807, 2.05) is 49.6 Å². The molecule has 0 bridgehead atoms. The van der Waals surface area contributed by atoms with Gasteiger partial charge in [-0.25, -0.2) is 0 Å². The summed E-state index contributed by atoms with van der Waals surface area (Å²) in [5.41, 5.74) is 2.63. The van der Waals surface area contributed by atoms with Crippen LogP contribution in [0.4, 0.5) is 0 Å². The van der Waals surface area contributed by atoms with Crippen molar-refractivity contribution in [3.05, 3.63) is 57.3 Å². The summed E-state index contributed by atoms with van der Waals surface area (Å²) in [5, 5.41) is 10.7. The molecule has 0 unspecified atom stereocenters. The molecule has 1 aliphatic carbocycles. The molecule has 236 valence electrons. The third-order valence-electron chi connectivity index (χ3n) is 8.86. The standard InChI is InChI=1S/C33H43N5O5S/c1-20(2)29-31(41)35-23(16-22-10-5-4-6-11-22)17-37(33(43)25-19-44-27-14-8-7-12-24(25)27)18-28(39)34-21(3)32(42)38-15-9-13-26(38)30(40)36-29/h4-6,10-11,19-21,23,26,29H,7-9,12-18H2,1-3H3,(H,34,39)(H,35,41)(H,36,40)/t21-,23-,26+,29-/m0/s1. The number of nitrogens with one attached hydrogen (secondary N) is 3. The number of carbonyl (C=O) groups is 5. The summed E-state index contributed by atoms with van der Waals surface area (Å²) in [6.07, 6.45) is 5.42. The fourth-order valence-electron chi connectivity index (χ4n) is 6.54. The second kappa shape index (κ2) is 13.9. The Balaban J connectivity index is 1.51. The quantitative estimate of drug-likeness (QED) is 0.484. The molecule has 3 heterocycles. The van der Waals surface area contributed by atoms with Gasteiger partial charge in [-0.1, -0.05) is 44.2 Å². The Labute approximate surface area is 262 Å². The highest BCUT2D eigenvalue weighted by Crippen LogP contribution is 2.31. The van der Waals surface area contributed by atoms with E-state index in [4.69, 9.17) is 0 Å². The molecular formula is C33H43N5O5S. The van der Waals surface area contributed by atoms with Gasteiger partial charge in [0, 0.05) is 23.3 Å². The van der Waals surface area contributed by atoms with E-state index in [-0.39, 0.29) is 42.6 Å². The smallest absolute Gasteiger partial charge is 0.255 e. The zero-order valence-electron chi connectivity index (χ0n) is 25.8. The molecule has 1 aromatic carbocycles. The van der Waals surface area contributed by atoms with Crippen molar-refractivity contribution in [2.75, 3.05) is 19.6 Å². The second-order valence-electron chi connectivity index (χ2n) is 12.5.